The molecule has 2 heterocycles. The van der Waals surface area contributed by atoms with Gasteiger partial charge in [-0.25, -0.2) is 9.18 Å². The first kappa shape index (κ1) is 16.7. The average Bonchev–Trinajstić information content (AvgIpc) is 3.07. The van der Waals surface area contributed by atoms with Crippen LogP contribution in [-0.4, -0.2) is 28.8 Å². The molecule has 2 aliphatic rings. The van der Waals surface area contributed by atoms with Crippen LogP contribution in [0.1, 0.15) is 43.0 Å². The first-order valence-corrected chi connectivity index (χ1v) is 8.72. The number of nitrogen functional groups attached to an aromatic ring is 1. The molecular formula is C18H20FN3O4. The number of rotatable bonds is 3. The molecule has 4 rings (SSSR count). The maximum absolute atomic E-state index is 14.8. The third-order valence-electron chi connectivity index (χ3n) is 5.49. The van der Waals surface area contributed by atoms with Crippen LogP contribution < -0.4 is 21.2 Å². The molecule has 1 aromatic carbocycles. The number of nitrogens with zero attached hydrogens (tertiary/aromatic N) is 1. The molecule has 2 aromatic rings. The zero-order valence-electron chi connectivity index (χ0n) is 14.4. The second-order valence-corrected chi connectivity index (χ2v) is 6.95. The SMILES string of the molecule is CCNc1c(F)c(N)c2c(=O)c(C(=O)O)cn3c2c1OCC31CCCC1. The first-order valence-electron chi connectivity index (χ1n) is 8.72. The van der Waals surface area contributed by atoms with E-state index in [0.29, 0.717) is 18.7 Å². The lowest BCUT2D eigenvalue weighted by Gasteiger charge is -2.39. The number of aromatic carboxylic acids is 1. The molecule has 26 heavy (non-hydrogen) atoms. The number of ether oxygens (including phenoxy) is 1. The van der Waals surface area contributed by atoms with Crippen LogP contribution in [0, 0.1) is 5.82 Å². The molecule has 1 aliphatic heterocycles. The van der Waals surface area contributed by atoms with Gasteiger partial charge in [-0.15, -0.1) is 0 Å². The number of nitrogens with two attached hydrogens (primary N) is 1. The van der Waals surface area contributed by atoms with Gasteiger partial charge in [0.25, 0.3) is 0 Å². The standard InChI is InChI=1S/C18H20FN3O4/c1-2-21-13-11(19)12(20)10-14-16(13)26-8-18(5-3-4-6-18)22(14)7-9(15(10)23)17(24)25/h7,21H,2-6,8,20H2,1H3,(H,24,25). The summed E-state index contributed by atoms with van der Waals surface area (Å²) < 4.78 is 22.6. The Morgan fingerprint density at radius 1 is 1.46 bits per heavy atom. The Morgan fingerprint density at radius 3 is 2.77 bits per heavy atom. The third kappa shape index (κ3) is 2.04. The quantitative estimate of drug-likeness (QED) is 0.725. The molecule has 1 fully saturated rings. The Hall–Kier alpha value is -2.77. The van der Waals surface area contributed by atoms with Crippen molar-refractivity contribution in [1.29, 1.82) is 0 Å². The van der Waals surface area contributed by atoms with Gasteiger partial charge in [0.15, 0.2) is 11.6 Å². The highest BCUT2D eigenvalue weighted by Crippen LogP contribution is 2.48. The number of nitrogens with one attached hydrogen (secondary N) is 1. The minimum absolute atomic E-state index is 0.113. The van der Waals surface area contributed by atoms with E-state index in [9.17, 15) is 19.1 Å². The number of carboxylic acids is 1. The molecule has 0 amide bonds. The van der Waals surface area contributed by atoms with Crippen LogP contribution in [0.15, 0.2) is 11.0 Å². The molecule has 8 heteroatoms. The fourth-order valence-electron chi connectivity index (χ4n) is 4.25. The summed E-state index contributed by atoms with van der Waals surface area (Å²) in [5, 5.41) is 12.3. The monoisotopic (exact) mass is 361 g/mol. The maximum atomic E-state index is 14.8. The Balaban J connectivity index is 2.21. The first-order chi connectivity index (χ1) is 12.4. The molecular weight excluding hydrogens is 341 g/mol. The highest BCUT2D eigenvalue weighted by molar-refractivity contribution is 6.03. The Morgan fingerprint density at radius 2 is 2.15 bits per heavy atom. The van der Waals surface area contributed by atoms with E-state index < -0.39 is 28.3 Å². The Kier molecular flexibility index (Phi) is 3.61. The van der Waals surface area contributed by atoms with Gasteiger partial charge in [0, 0.05) is 12.7 Å². The summed E-state index contributed by atoms with van der Waals surface area (Å²) in [7, 11) is 0. The van der Waals surface area contributed by atoms with Gasteiger partial charge in [0.2, 0.25) is 5.43 Å². The van der Waals surface area contributed by atoms with E-state index in [-0.39, 0.29) is 22.5 Å². The molecule has 0 bridgehead atoms. The fraction of sp³-hybridized carbons (Fsp3) is 0.444. The van der Waals surface area contributed by atoms with Gasteiger partial charge in [-0.1, -0.05) is 12.8 Å². The lowest BCUT2D eigenvalue weighted by molar-refractivity contribution is 0.0692. The summed E-state index contributed by atoms with van der Waals surface area (Å²) in [5.41, 5.74) is 4.46. The molecule has 138 valence electrons. The normalized spacial score (nSPS) is 17.5. The lowest BCUT2D eigenvalue weighted by Crippen LogP contribution is -2.42. The van der Waals surface area contributed by atoms with Crippen molar-refractivity contribution < 1.29 is 19.0 Å². The van der Waals surface area contributed by atoms with E-state index >= 15 is 0 Å². The fourth-order valence-corrected chi connectivity index (χ4v) is 4.25. The summed E-state index contributed by atoms with van der Waals surface area (Å²) in [4.78, 5) is 24.4. The Labute approximate surface area is 148 Å². The minimum atomic E-state index is -1.35. The van der Waals surface area contributed by atoms with Crippen LogP contribution in [0.3, 0.4) is 0 Å². The van der Waals surface area contributed by atoms with Crippen molar-refractivity contribution in [2.24, 2.45) is 0 Å². The molecule has 0 saturated heterocycles. The van der Waals surface area contributed by atoms with Crippen molar-refractivity contribution in [2.75, 3.05) is 24.2 Å². The number of carbonyl (C=O) groups is 1. The minimum Gasteiger partial charge on any atom is -0.487 e. The second-order valence-electron chi connectivity index (χ2n) is 6.95. The van der Waals surface area contributed by atoms with E-state index in [1.807, 2.05) is 6.92 Å². The number of benzene rings is 1. The molecule has 1 aliphatic carbocycles. The third-order valence-corrected chi connectivity index (χ3v) is 5.49. The zero-order valence-corrected chi connectivity index (χ0v) is 14.4. The van der Waals surface area contributed by atoms with Gasteiger partial charge in [-0.3, -0.25) is 4.79 Å². The number of halogens is 1. The summed E-state index contributed by atoms with van der Waals surface area (Å²) in [6.45, 7) is 2.56. The van der Waals surface area contributed by atoms with Gasteiger partial charge in [-0.05, 0) is 19.8 Å². The van der Waals surface area contributed by atoms with Gasteiger partial charge in [0.05, 0.1) is 22.1 Å². The molecule has 7 nitrogen and oxygen atoms in total. The molecule has 1 saturated carbocycles. The second kappa shape index (κ2) is 5.62. The Bertz CT molecular complexity index is 993. The molecule has 0 radical (unpaired) electrons. The predicted octanol–water partition coefficient (Wildman–Crippen LogP) is 2.51. The summed E-state index contributed by atoms with van der Waals surface area (Å²) in [6, 6.07) is 0. The smallest absolute Gasteiger partial charge is 0.341 e. The largest absolute Gasteiger partial charge is 0.487 e. The van der Waals surface area contributed by atoms with Gasteiger partial charge in [0.1, 0.15) is 17.9 Å². The highest BCUT2D eigenvalue weighted by atomic mass is 19.1. The number of hydrogen-bond acceptors (Lipinski definition) is 5. The molecule has 1 aromatic heterocycles. The maximum Gasteiger partial charge on any atom is 0.341 e. The number of hydrogen-bond donors (Lipinski definition) is 3. The van der Waals surface area contributed by atoms with Crippen molar-refractivity contribution in [3.8, 4) is 5.75 Å². The van der Waals surface area contributed by atoms with Gasteiger partial charge in [-0.2, -0.15) is 0 Å². The van der Waals surface area contributed by atoms with Crippen LogP contribution in [0.2, 0.25) is 0 Å². The van der Waals surface area contributed by atoms with E-state index in [1.165, 1.54) is 6.20 Å². The average molecular weight is 361 g/mol. The van der Waals surface area contributed by atoms with Crippen molar-refractivity contribution in [1.82, 2.24) is 4.57 Å². The number of pyridine rings is 1. The van der Waals surface area contributed by atoms with Gasteiger partial charge >= 0.3 is 5.97 Å². The van der Waals surface area contributed by atoms with Crippen LogP contribution >= 0.6 is 0 Å². The summed E-state index contributed by atoms with van der Waals surface area (Å²) in [5.74, 6) is -1.92. The molecule has 4 N–H and O–H groups in total. The van der Waals surface area contributed by atoms with Crippen molar-refractivity contribution in [3.05, 3.63) is 27.8 Å². The van der Waals surface area contributed by atoms with Crippen LogP contribution in [0.5, 0.6) is 5.75 Å². The van der Waals surface area contributed by atoms with Crippen LogP contribution in [-0.2, 0) is 5.54 Å². The topological polar surface area (TPSA) is 107 Å². The number of anilines is 2. The van der Waals surface area contributed by atoms with E-state index in [0.717, 1.165) is 25.7 Å². The summed E-state index contributed by atoms with van der Waals surface area (Å²) in [6.07, 6.45) is 4.93. The van der Waals surface area contributed by atoms with E-state index in [2.05, 4.69) is 5.32 Å². The summed E-state index contributed by atoms with van der Waals surface area (Å²) >= 11 is 0. The van der Waals surface area contributed by atoms with E-state index in [1.54, 1.807) is 4.57 Å². The van der Waals surface area contributed by atoms with Crippen molar-refractivity contribution in [2.45, 2.75) is 38.1 Å². The van der Waals surface area contributed by atoms with Crippen LogP contribution in [0.4, 0.5) is 15.8 Å². The number of carboxylic acid groups (broad SMARTS) is 1. The van der Waals surface area contributed by atoms with Crippen molar-refractivity contribution >= 4 is 28.2 Å². The number of aromatic nitrogens is 1. The van der Waals surface area contributed by atoms with Crippen LogP contribution in [0.25, 0.3) is 10.9 Å². The van der Waals surface area contributed by atoms with E-state index in [4.69, 9.17) is 10.5 Å². The molecule has 0 unspecified atom stereocenters. The van der Waals surface area contributed by atoms with Crippen molar-refractivity contribution in [3.63, 3.8) is 0 Å². The number of fused-ring (bicyclic) bond motifs is 1. The predicted molar refractivity (Wildman–Crippen MR) is 95.6 cm³/mol. The highest BCUT2D eigenvalue weighted by Gasteiger charge is 2.42. The lowest BCUT2D eigenvalue weighted by atomic mass is 9.93. The van der Waals surface area contributed by atoms with Gasteiger partial charge < -0.3 is 25.5 Å². The molecule has 1 spiro atoms. The zero-order chi connectivity index (χ0) is 18.6. The molecule has 0 atom stereocenters.